The van der Waals surface area contributed by atoms with Crippen molar-refractivity contribution in [2.75, 3.05) is 18.4 Å². The van der Waals surface area contributed by atoms with E-state index in [2.05, 4.69) is 10.3 Å². The van der Waals surface area contributed by atoms with Crippen LogP contribution in [0.4, 0.5) is 5.69 Å². The summed E-state index contributed by atoms with van der Waals surface area (Å²) in [5.41, 5.74) is 2.15. The molecule has 0 aliphatic carbocycles. The van der Waals surface area contributed by atoms with Gasteiger partial charge in [-0.1, -0.05) is 48.0 Å². The Morgan fingerprint density at radius 1 is 1.06 bits per heavy atom. The van der Waals surface area contributed by atoms with Crippen LogP contribution in [0.5, 0.6) is 0 Å². The fourth-order valence-electron chi connectivity index (χ4n) is 1.57. The molecule has 0 aromatic heterocycles. The van der Waals surface area contributed by atoms with E-state index in [1.54, 1.807) is 0 Å². The molecule has 0 fully saturated rings. The zero-order chi connectivity index (χ0) is 12.6. The Bertz CT molecular complexity index is 509. The van der Waals surface area contributed by atoms with E-state index >= 15 is 0 Å². The second kappa shape index (κ2) is 6.82. The van der Waals surface area contributed by atoms with Crippen molar-refractivity contribution in [1.29, 1.82) is 0 Å². The molecule has 0 amide bonds. The van der Waals surface area contributed by atoms with Gasteiger partial charge in [-0.3, -0.25) is 4.99 Å². The number of aliphatic imine (C=N–C) groups is 1. The molecule has 2 nitrogen and oxygen atoms in total. The molecule has 92 valence electrons. The predicted octanol–water partition coefficient (Wildman–Crippen LogP) is 3.87. The molecular weight excluding hydrogens is 244 g/mol. The minimum Gasteiger partial charge on any atom is -0.383 e. The van der Waals surface area contributed by atoms with Crippen LogP contribution in [0.3, 0.4) is 0 Å². The lowest BCUT2D eigenvalue weighted by Gasteiger charge is -2.04. The minimum absolute atomic E-state index is 0.738. The molecule has 0 aliphatic heterocycles. The highest BCUT2D eigenvalue weighted by molar-refractivity contribution is 6.30. The molecule has 3 heteroatoms. The highest BCUT2D eigenvalue weighted by Crippen LogP contribution is 2.14. The summed E-state index contributed by atoms with van der Waals surface area (Å²) in [6.45, 7) is 1.53. The molecule has 0 atom stereocenters. The van der Waals surface area contributed by atoms with E-state index in [1.807, 2.05) is 60.8 Å². The fourth-order valence-corrected chi connectivity index (χ4v) is 1.76. The molecule has 0 heterocycles. The van der Waals surface area contributed by atoms with Crippen LogP contribution in [0, 0.1) is 0 Å². The van der Waals surface area contributed by atoms with Crippen molar-refractivity contribution < 1.29 is 0 Å². The van der Waals surface area contributed by atoms with Crippen LogP contribution >= 0.6 is 11.6 Å². The van der Waals surface area contributed by atoms with Gasteiger partial charge < -0.3 is 5.32 Å². The van der Waals surface area contributed by atoms with Gasteiger partial charge in [0.15, 0.2) is 0 Å². The lowest BCUT2D eigenvalue weighted by molar-refractivity contribution is 1.03. The number of nitrogens with one attached hydrogen (secondary N) is 1. The Kier molecular flexibility index (Phi) is 4.79. The quantitative estimate of drug-likeness (QED) is 0.639. The van der Waals surface area contributed by atoms with Crippen molar-refractivity contribution >= 4 is 23.5 Å². The van der Waals surface area contributed by atoms with Crippen LogP contribution in [0.15, 0.2) is 59.6 Å². The van der Waals surface area contributed by atoms with Crippen LogP contribution in [-0.4, -0.2) is 19.3 Å². The van der Waals surface area contributed by atoms with E-state index < -0.39 is 0 Å². The maximum absolute atomic E-state index is 5.90. The van der Waals surface area contributed by atoms with Gasteiger partial charge in [0.2, 0.25) is 0 Å². The minimum atomic E-state index is 0.738. The zero-order valence-corrected chi connectivity index (χ0v) is 10.8. The summed E-state index contributed by atoms with van der Waals surface area (Å²) in [5, 5.41) is 4.02. The highest BCUT2D eigenvalue weighted by Gasteiger charge is 1.91. The number of hydrogen-bond acceptors (Lipinski definition) is 2. The van der Waals surface area contributed by atoms with E-state index in [4.69, 9.17) is 11.6 Å². The van der Waals surface area contributed by atoms with Crippen LogP contribution in [-0.2, 0) is 0 Å². The second-order valence-corrected chi connectivity index (χ2v) is 4.32. The Balaban J connectivity index is 1.75. The number of rotatable bonds is 5. The third-order valence-corrected chi connectivity index (χ3v) is 2.67. The topological polar surface area (TPSA) is 24.4 Å². The van der Waals surface area contributed by atoms with Crippen molar-refractivity contribution in [2.45, 2.75) is 0 Å². The van der Waals surface area contributed by atoms with Gasteiger partial charge >= 0.3 is 0 Å². The van der Waals surface area contributed by atoms with Crippen molar-refractivity contribution in [3.05, 3.63) is 65.2 Å². The normalized spacial score (nSPS) is 10.7. The summed E-state index contributed by atoms with van der Waals surface area (Å²) in [6, 6.07) is 17.8. The molecule has 0 saturated carbocycles. The summed E-state index contributed by atoms with van der Waals surface area (Å²) in [6.07, 6.45) is 1.89. The summed E-state index contributed by atoms with van der Waals surface area (Å²) in [5.74, 6) is 0. The summed E-state index contributed by atoms with van der Waals surface area (Å²) in [7, 11) is 0. The van der Waals surface area contributed by atoms with E-state index in [9.17, 15) is 0 Å². The van der Waals surface area contributed by atoms with Gasteiger partial charge in [0, 0.05) is 23.5 Å². The third kappa shape index (κ3) is 4.22. The Morgan fingerprint density at radius 2 is 1.89 bits per heavy atom. The molecule has 2 aromatic carbocycles. The molecule has 0 saturated heterocycles. The molecule has 0 unspecified atom stereocenters. The molecule has 2 rings (SSSR count). The smallest absolute Gasteiger partial charge is 0.0562 e. The number of halogens is 1. The monoisotopic (exact) mass is 258 g/mol. The van der Waals surface area contributed by atoms with E-state index in [1.165, 1.54) is 0 Å². The van der Waals surface area contributed by atoms with Gasteiger partial charge in [-0.2, -0.15) is 0 Å². The van der Waals surface area contributed by atoms with Gasteiger partial charge in [-0.05, 0) is 23.8 Å². The molecule has 0 bridgehead atoms. The lowest BCUT2D eigenvalue weighted by Crippen LogP contribution is -2.04. The summed E-state index contributed by atoms with van der Waals surface area (Å²) < 4.78 is 0. The van der Waals surface area contributed by atoms with Gasteiger partial charge in [-0.15, -0.1) is 0 Å². The van der Waals surface area contributed by atoms with Gasteiger partial charge in [0.1, 0.15) is 0 Å². The van der Waals surface area contributed by atoms with E-state index in [0.29, 0.717) is 0 Å². The maximum Gasteiger partial charge on any atom is 0.0562 e. The molecule has 2 aromatic rings. The average Bonchev–Trinajstić information content (AvgIpc) is 2.40. The largest absolute Gasteiger partial charge is 0.383 e. The SMILES string of the molecule is Clc1cccc(NCCN=Cc2ccccc2)c1. The molecular formula is C15H15ClN2. The first-order valence-corrected chi connectivity index (χ1v) is 6.27. The first-order valence-electron chi connectivity index (χ1n) is 5.89. The zero-order valence-electron chi connectivity index (χ0n) is 10.0. The van der Waals surface area contributed by atoms with Gasteiger partial charge in [0.25, 0.3) is 0 Å². The van der Waals surface area contributed by atoms with Crippen LogP contribution < -0.4 is 5.32 Å². The lowest BCUT2D eigenvalue weighted by atomic mass is 10.2. The highest BCUT2D eigenvalue weighted by atomic mass is 35.5. The first-order chi connectivity index (χ1) is 8.84. The average molecular weight is 259 g/mol. The Hall–Kier alpha value is -1.80. The van der Waals surface area contributed by atoms with Crippen LogP contribution in [0.2, 0.25) is 5.02 Å². The molecule has 0 radical (unpaired) electrons. The second-order valence-electron chi connectivity index (χ2n) is 3.88. The molecule has 0 spiro atoms. The summed E-state index contributed by atoms with van der Waals surface area (Å²) >= 11 is 5.90. The van der Waals surface area contributed by atoms with E-state index in [0.717, 1.165) is 29.4 Å². The van der Waals surface area contributed by atoms with Crippen molar-refractivity contribution in [1.82, 2.24) is 0 Å². The molecule has 0 aliphatic rings. The van der Waals surface area contributed by atoms with Crippen molar-refractivity contribution in [3.8, 4) is 0 Å². The van der Waals surface area contributed by atoms with Crippen molar-refractivity contribution in [2.24, 2.45) is 4.99 Å². The molecule has 1 N–H and O–H groups in total. The van der Waals surface area contributed by atoms with Gasteiger partial charge in [0.05, 0.1) is 6.54 Å². The van der Waals surface area contributed by atoms with E-state index in [-0.39, 0.29) is 0 Å². The van der Waals surface area contributed by atoms with Gasteiger partial charge in [-0.25, -0.2) is 0 Å². The Labute approximate surface area is 112 Å². The number of anilines is 1. The molecule has 18 heavy (non-hydrogen) atoms. The van der Waals surface area contributed by atoms with Crippen LogP contribution in [0.25, 0.3) is 0 Å². The summed E-state index contributed by atoms with van der Waals surface area (Å²) in [4.78, 5) is 4.36. The third-order valence-electron chi connectivity index (χ3n) is 2.43. The van der Waals surface area contributed by atoms with Crippen LogP contribution in [0.1, 0.15) is 5.56 Å². The Morgan fingerprint density at radius 3 is 2.67 bits per heavy atom. The number of nitrogens with zero attached hydrogens (tertiary/aromatic N) is 1. The maximum atomic E-state index is 5.90. The number of benzene rings is 2. The fraction of sp³-hybridized carbons (Fsp3) is 0.133. The number of hydrogen-bond donors (Lipinski definition) is 1. The first kappa shape index (κ1) is 12.7. The predicted molar refractivity (Wildman–Crippen MR) is 78.8 cm³/mol. The standard InChI is InChI=1S/C15H15ClN2/c16-14-7-4-8-15(11-14)18-10-9-17-12-13-5-2-1-3-6-13/h1-8,11-12,18H,9-10H2. The van der Waals surface area contributed by atoms with Crippen molar-refractivity contribution in [3.63, 3.8) is 0 Å².